The molecule has 20 heavy (non-hydrogen) atoms. The van der Waals surface area contributed by atoms with Gasteiger partial charge in [0.15, 0.2) is 0 Å². The maximum absolute atomic E-state index is 11.6. The van der Waals surface area contributed by atoms with E-state index in [0.717, 1.165) is 30.4 Å². The van der Waals surface area contributed by atoms with Gasteiger partial charge in [-0.25, -0.2) is 0 Å². The van der Waals surface area contributed by atoms with E-state index in [2.05, 4.69) is 10.6 Å². The molecule has 1 fully saturated rings. The van der Waals surface area contributed by atoms with Crippen LogP contribution in [0.3, 0.4) is 0 Å². The minimum atomic E-state index is -0.0316. The average molecular weight is 295 g/mol. The minimum absolute atomic E-state index is 0.0316. The van der Waals surface area contributed by atoms with Gasteiger partial charge in [-0.2, -0.15) is 0 Å². The molecule has 1 aliphatic rings. The standard InChI is InChI=1S/C15H19ClN2O2/c1-10(19)17-7-6-11-2-5-14(16)13(8-11)9-18-15(20)12-3-4-12/h2,5,8,12H,3-4,6-7,9H2,1H3,(H,17,19)(H,18,20). The highest BCUT2D eigenvalue weighted by atomic mass is 35.5. The van der Waals surface area contributed by atoms with Crippen molar-refractivity contribution in [3.8, 4) is 0 Å². The van der Waals surface area contributed by atoms with Crippen molar-refractivity contribution in [1.29, 1.82) is 0 Å². The van der Waals surface area contributed by atoms with Crippen LogP contribution < -0.4 is 10.6 Å². The zero-order valence-corrected chi connectivity index (χ0v) is 12.3. The lowest BCUT2D eigenvalue weighted by atomic mass is 10.1. The van der Waals surface area contributed by atoms with Gasteiger partial charge in [0.05, 0.1) is 0 Å². The number of carbonyl (C=O) groups excluding carboxylic acids is 2. The van der Waals surface area contributed by atoms with Crippen molar-refractivity contribution < 1.29 is 9.59 Å². The molecule has 0 bridgehead atoms. The summed E-state index contributed by atoms with van der Waals surface area (Å²) >= 11 is 6.14. The molecule has 0 atom stereocenters. The SMILES string of the molecule is CC(=O)NCCc1ccc(Cl)c(CNC(=O)C2CC2)c1. The Bertz CT molecular complexity index is 513. The Hall–Kier alpha value is -1.55. The molecular weight excluding hydrogens is 276 g/mol. The topological polar surface area (TPSA) is 58.2 Å². The second-order valence-corrected chi connectivity index (χ2v) is 5.56. The molecule has 1 saturated carbocycles. The fraction of sp³-hybridized carbons (Fsp3) is 0.467. The maximum Gasteiger partial charge on any atom is 0.223 e. The second-order valence-electron chi connectivity index (χ2n) is 5.15. The van der Waals surface area contributed by atoms with Gasteiger partial charge in [-0.3, -0.25) is 9.59 Å². The molecule has 0 radical (unpaired) electrons. The molecular formula is C15H19ClN2O2. The van der Waals surface area contributed by atoms with Gasteiger partial charge >= 0.3 is 0 Å². The number of carbonyl (C=O) groups is 2. The molecule has 1 aliphatic carbocycles. The van der Waals surface area contributed by atoms with Gasteiger partial charge in [-0.1, -0.05) is 23.7 Å². The molecule has 0 aromatic heterocycles. The van der Waals surface area contributed by atoms with Crippen LogP contribution in [-0.4, -0.2) is 18.4 Å². The largest absolute Gasteiger partial charge is 0.356 e. The van der Waals surface area contributed by atoms with Crippen molar-refractivity contribution in [2.75, 3.05) is 6.54 Å². The van der Waals surface area contributed by atoms with Crippen LogP contribution in [0.1, 0.15) is 30.9 Å². The number of hydrogen-bond acceptors (Lipinski definition) is 2. The Morgan fingerprint density at radius 1 is 1.30 bits per heavy atom. The van der Waals surface area contributed by atoms with Gasteiger partial charge in [0.1, 0.15) is 0 Å². The van der Waals surface area contributed by atoms with Gasteiger partial charge in [0, 0.05) is 31.0 Å². The average Bonchev–Trinajstić information content (AvgIpc) is 3.22. The first-order chi connectivity index (χ1) is 9.56. The molecule has 2 rings (SSSR count). The Labute approximate surface area is 123 Å². The predicted molar refractivity (Wildman–Crippen MR) is 78.4 cm³/mol. The highest BCUT2D eigenvalue weighted by Crippen LogP contribution is 2.29. The number of benzene rings is 1. The molecule has 0 heterocycles. The zero-order valence-electron chi connectivity index (χ0n) is 11.5. The third-order valence-corrected chi connectivity index (χ3v) is 3.67. The van der Waals surface area contributed by atoms with Crippen LogP contribution in [0.25, 0.3) is 0 Å². The number of nitrogens with one attached hydrogen (secondary N) is 2. The number of amides is 2. The molecule has 2 amide bonds. The van der Waals surface area contributed by atoms with E-state index in [1.54, 1.807) is 0 Å². The van der Waals surface area contributed by atoms with Crippen LogP contribution in [0.15, 0.2) is 18.2 Å². The Kier molecular flexibility index (Phi) is 5.01. The third-order valence-electron chi connectivity index (χ3n) is 3.30. The molecule has 108 valence electrons. The summed E-state index contributed by atoms with van der Waals surface area (Å²) in [5.41, 5.74) is 2.01. The van der Waals surface area contributed by atoms with E-state index < -0.39 is 0 Å². The third kappa shape index (κ3) is 4.53. The summed E-state index contributed by atoms with van der Waals surface area (Å²) in [6.07, 6.45) is 2.74. The number of rotatable bonds is 6. The smallest absolute Gasteiger partial charge is 0.223 e. The summed E-state index contributed by atoms with van der Waals surface area (Å²) in [5, 5.41) is 6.33. The molecule has 1 aromatic rings. The van der Waals surface area contributed by atoms with Crippen LogP contribution in [0.5, 0.6) is 0 Å². The van der Waals surface area contributed by atoms with Gasteiger partial charge in [-0.05, 0) is 36.5 Å². The van der Waals surface area contributed by atoms with Gasteiger partial charge in [-0.15, -0.1) is 0 Å². The Morgan fingerprint density at radius 2 is 2.05 bits per heavy atom. The Balaban J connectivity index is 1.89. The maximum atomic E-state index is 11.6. The van der Waals surface area contributed by atoms with Crippen molar-refractivity contribution in [3.63, 3.8) is 0 Å². The molecule has 1 aromatic carbocycles. The summed E-state index contributed by atoms with van der Waals surface area (Å²) in [6, 6.07) is 5.76. The molecule has 5 heteroatoms. The van der Waals surface area contributed by atoms with E-state index in [9.17, 15) is 9.59 Å². The summed E-state index contributed by atoms with van der Waals surface area (Å²) in [4.78, 5) is 22.4. The van der Waals surface area contributed by atoms with Crippen LogP contribution in [-0.2, 0) is 22.6 Å². The summed E-state index contributed by atoms with van der Waals surface area (Å²) in [7, 11) is 0. The molecule has 2 N–H and O–H groups in total. The second kappa shape index (κ2) is 6.75. The quantitative estimate of drug-likeness (QED) is 0.843. The highest BCUT2D eigenvalue weighted by Gasteiger charge is 2.29. The molecule has 0 aliphatic heterocycles. The van der Waals surface area contributed by atoms with Crippen LogP contribution in [0.2, 0.25) is 5.02 Å². The van der Waals surface area contributed by atoms with E-state index in [-0.39, 0.29) is 17.7 Å². The van der Waals surface area contributed by atoms with E-state index >= 15 is 0 Å². The van der Waals surface area contributed by atoms with Crippen LogP contribution in [0.4, 0.5) is 0 Å². The van der Waals surface area contributed by atoms with Crippen molar-refractivity contribution in [1.82, 2.24) is 10.6 Å². The van der Waals surface area contributed by atoms with E-state index in [1.807, 2.05) is 18.2 Å². The molecule has 0 saturated heterocycles. The molecule has 0 spiro atoms. The lowest BCUT2D eigenvalue weighted by Crippen LogP contribution is -2.24. The summed E-state index contributed by atoms with van der Waals surface area (Å²) in [5.74, 6) is 0.289. The zero-order chi connectivity index (χ0) is 14.5. The lowest BCUT2D eigenvalue weighted by molar-refractivity contribution is -0.122. The highest BCUT2D eigenvalue weighted by molar-refractivity contribution is 6.31. The fourth-order valence-corrected chi connectivity index (χ4v) is 2.16. The first-order valence-electron chi connectivity index (χ1n) is 6.85. The molecule has 4 nitrogen and oxygen atoms in total. The molecule has 0 unspecified atom stereocenters. The van der Waals surface area contributed by atoms with Crippen molar-refractivity contribution in [2.45, 2.75) is 32.7 Å². The van der Waals surface area contributed by atoms with Crippen LogP contribution in [0, 0.1) is 5.92 Å². The van der Waals surface area contributed by atoms with Crippen molar-refractivity contribution in [3.05, 3.63) is 34.3 Å². The van der Waals surface area contributed by atoms with E-state index in [0.29, 0.717) is 18.1 Å². The first-order valence-corrected chi connectivity index (χ1v) is 7.23. The summed E-state index contributed by atoms with van der Waals surface area (Å²) in [6.45, 7) is 2.56. The van der Waals surface area contributed by atoms with Gasteiger partial charge in [0.25, 0.3) is 0 Å². The monoisotopic (exact) mass is 294 g/mol. The lowest BCUT2D eigenvalue weighted by Gasteiger charge is -2.09. The van der Waals surface area contributed by atoms with Gasteiger partial charge in [0.2, 0.25) is 11.8 Å². The minimum Gasteiger partial charge on any atom is -0.356 e. The van der Waals surface area contributed by atoms with Gasteiger partial charge < -0.3 is 10.6 Å². The Morgan fingerprint density at radius 3 is 2.70 bits per heavy atom. The fourth-order valence-electron chi connectivity index (χ4n) is 1.97. The first kappa shape index (κ1) is 14.9. The van der Waals surface area contributed by atoms with Crippen molar-refractivity contribution in [2.24, 2.45) is 5.92 Å². The number of hydrogen-bond donors (Lipinski definition) is 2. The normalized spacial score (nSPS) is 13.9. The number of halogens is 1. The van der Waals surface area contributed by atoms with E-state index in [1.165, 1.54) is 6.92 Å². The van der Waals surface area contributed by atoms with E-state index in [4.69, 9.17) is 11.6 Å². The predicted octanol–water partition coefficient (Wildman–Crippen LogP) is 2.04. The van der Waals surface area contributed by atoms with Crippen LogP contribution >= 0.6 is 11.6 Å². The summed E-state index contributed by atoms with van der Waals surface area (Å²) < 4.78 is 0. The van der Waals surface area contributed by atoms with Crippen molar-refractivity contribution >= 4 is 23.4 Å².